The predicted octanol–water partition coefficient (Wildman–Crippen LogP) is 6.39. The van der Waals surface area contributed by atoms with Crippen LogP contribution >= 0.6 is 0 Å². The largest absolute Gasteiger partial charge is 0.299 e. The van der Waals surface area contributed by atoms with E-state index in [9.17, 15) is 4.79 Å². The molecule has 0 fully saturated rings. The molecule has 0 atom stereocenters. The lowest BCUT2D eigenvalue weighted by atomic mass is 10.1. The van der Waals surface area contributed by atoms with Crippen molar-refractivity contribution in [3.63, 3.8) is 0 Å². The first-order chi connectivity index (χ1) is 9.81. The van der Waals surface area contributed by atoms with Crippen LogP contribution in [-0.2, 0) is 4.79 Å². The molecule has 0 spiro atoms. The van der Waals surface area contributed by atoms with Crippen LogP contribution in [-0.4, -0.2) is 5.78 Å². The number of carbonyl (C=O) groups is 1. The van der Waals surface area contributed by atoms with Crippen molar-refractivity contribution in [1.29, 1.82) is 0 Å². The van der Waals surface area contributed by atoms with Crippen molar-refractivity contribution in [2.24, 2.45) is 0 Å². The number of Topliss-reactive ketones (excluding diaryl/α,β-unsaturated/α-hetero) is 1. The summed E-state index contributed by atoms with van der Waals surface area (Å²) in [6.07, 6.45) is 22.3. The minimum atomic E-state index is 0.395. The molecule has 0 aliphatic rings. The average molecular weight is 278 g/mol. The smallest absolute Gasteiger partial charge is 0.136 e. The lowest BCUT2D eigenvalue weighted by Gasteiger charge is -2.01. The highest BCUT2D eigenvalue weighted by atomic mass is 16.1. The Bertz CT molecular complexity index is 263. The summed E-state index contributed by atoms with van der Waals surface area (Å²) in [4.78, 5) is 11.6. The number of hydrogen-bond donors (Lipinski definition) is 0. The minimum absolute atomic E-state index is 0.395. The topological polar surface area (TPSA) is 17.1 Å². The van der Waals surface area contributed by atoms with Crippen LogP contribution in [0, 0.1) is 0 Å². The Balaban J connectivity index is 3.30. The number of hydrogen-bond acceptors (Lipinski definition) is 1. The van der Waals surface area contributed by atoms with Crippen LogP contribution < -0.4 is 0 Å². The molecule has 0 heterocycles. The maximum absolute atomic E-state index is 11.6. The second kappa shape index (κ2) is 16.2. The molecule has 0 saturated carbocycles. The summed E-state index contributed by atoms with van der Waals surface area (Å²) >= 11 is 0. The van der Waals surface area contributed by atoms with Crippen LogP contribution in [0.1, 0.15) is 90.9 Å². The molecule has 0 aromatic carbocycles. The second-order valence-corrected chi connectivity index (χ2v) is 5.55. The Labute approximate surface area is 126 Å². The van der Waals surface area contributed by atoms with E-state index in [1.54, 1.807) is 0 Å². The first-order valence-electron chi connectivity index (χ1n) is 8.63. The molecule has 0 bridgehead atoms. The van der Waals surface area contributed by atoms with E-state index in [0.29, 0.717) is 12.2 Å². The van der Waals surface area contributed by atoms with E-state index in [0.717, 1.165) is 25.7 Å². The molecule has 0 N–H and O–H groups in total. The third kappa shape index (κ3) is 15.2. The summed E-state index contributed by atoms with van der Waals surface area (Å²) in [5, 5.41) is 0. The molecule has 0 aromatic heterocycles. The van der Waals surface area contributed by atoms with Gasteiger partial charge in [0.1, 0.15) is 5.78 Å². The van der Waals surface area contributed by atoms with Gasteiger partial charge < -0.3 is 0 Å². The first-order valence-corrected chi connectivity index (χ1v) is 8.63. The summed E-state index contributed by atoms with van der Waals surface area (Å²) in [5.74, 6) is 0.395. The van der Waals surface area contributed by atoms with Crippen molar-refractivity contribution in [3.8, 4) is 0 Å². The Kier molecular flexibility index (Phi) is 15.5. The average Bonchev–Trinajstić information content (AvgIpc) is 2.45. The van der Waals surface area contributed by atoms with E-state index in [4.69, 9.17) is 0 Å². The predicted molar refractivity (Wildman–Crippen MR) is 90.0 cm³/mol. The molecule has 116 valence electrons. The number of rotatable bonds is 14. The fraction of sp³-hybridized carbons (Fsp3) is 0.737. The number of ketones is 1. The van der Waals surface area contributed by atoms with Gasteiger partial charge in [0.2, 0.25) is 0 Å². The summed E-state index contributed by atoms with van der Waals surface area (Å²) in [7, 11) is 0. The molecule has 20 heavy (non-hydrogen) atoms. The highest BCUT2D eigenvalue weighted by Gasteiger charge is 1.98. The molecule has 0 saturated heterocycles. The van der Waals surface area contributed by atoms with Gasteiger partial charge in [-0.3, -0.25) is 4.79 Å². The van der Waals surface area contributed by atoms with E-state index in [2.05, 4.69) is 32.1 Å². The molecule has 1 nitrogen and oxygen atoms in total. The maximum Gasteiger partial charge on any atom is 0.136 e. The lowest BCUT2D eigenvalue weighted by Crippen LogP contribution is -1.95. The summed E-state index contributed by atoms with van der Waals surface area (Å²) in [6.45, 7) is 4.38. The van der Waals surface area contributed by atoms with Crippen molar-refractivity contribution in [3.05, 3.63) is 24.3 Å². The fourth-order valence-electron chi connectivity index (χ4n) is 2.21. The van der Waals surface area contributed by atoms with Gasteiger partial charge in [-0.1, -0.05) is 83.1 Å². The molecular formula is C19H34O. The van der Waals surface area contributed by atoms with Crippen LogP contribution in [0.2, 0.25) is 0 Å². The molecule has 0 aliphatic carbocycles. The van der Waals surface area contributed by atoms with Crippen LogP contribution in [0.5, 0.6) is 0 Å². The normalized spacial score (nSPS) is 11.7. The molecule has 1 heteroatoms. The third-order valence-corrected chi connectivity index (χ3v) is 3.50. The van der Waals surface area contributed by atoms with Crippen LogP contribution in [0.4, 0.5) is 0 Å². The first kappa shape index (κ1) is 19.1. The highest BCUT2D eigenvalue weighted by molar-refractivity contribution is 5.79. The van der Waals surface area contributed by atoms with E-state index >= 15 is 0 Å². The number of carbonyl (C=O) groups excluding carboxylic acids is 1. The van der Waals surface area contributed by atoms with Crippen LogP contribution in [0.3, 0.4) is 0 Å². The van der Waals surface area contributed by atoms with Gasteiger partial charge in [0.05, 0.1) is 0 Å². The van der Waals surface area contributed by atoms with Crippen molar-refractivity contribution in [2.45, 2.75) is 90.9 Å². The summed E-state index contributed by atoms with van der Waals surface area (Å²) < 4.78 is 0. The Hall–Kier alpha value is -0.850. The molecule has 0 aromatic rings. The van der Waals surface area contributed by atoms with Gasteiger partial charge in [-0.25, -0.2) is 0 Å². The molecule has 0 unspecified atom stereocenters. The van der Waals surface area contributed by atoms with Gasteiger partial charge in [-0.2, -0.15) is 0 Å². The lowest BCUT2D eigenvalue weighted by molar-refractivity contribution is -0.118. The van der Waals surface area contributed by atoms with E-state index in [1.807, 2.05) is 6.08 Å². The zero-order valence-corrected chi connectivity index (χ0v) is 13.7. The van der Waals surface area contributed by atoms with Crippen molar-refractivity contribution >= 4 is 5.78 Å². The zero-order valence-electron chi connectivity index (χ0n) is 13.7. The SMILES string of the molecule is CC/C=C\C/C=C\CC(=O)CCCCCCCCCC. The van der Waals surface area contributed by atoms with Gasteiger partial charge in [0.25, 0.3) is 0 Å². The summed E-state index contributed by atoms with van der Waals surface area (Å²) in [5.41, 5.74) is 0. The number of unbranched alkanes of at least 4 members (excludes halogenated alkanes) is 7. The molecule has 0 radical (unpaired) electrons. The Morgan fingerprint density at radius 3 is 2.00 bits per heavy atom. The Morgan fingerprint density at radius 1 is 0.750 bits per heavy atom. The van der Waals surface area contributed by atoms with E-state index < -0.39 is 0 Å². The fourth-order valence-corrected chi connectivity index (χ4v) is 2.21. The van der Waals surface area contributed by atoms with Gasteiger partial charge in [-0.05, 0) is 19.3 Å². The van der Waals surface area contributed by atoms with E-state index in [1.165, 1.54) is 44.9 Å². The Morgan fingerprint density at radius 2 is 1.35 bits per heavy atom. The van der Waals surface area contributed by atoms with Gasteiger partial charge in [-0.15, -0.1) is 0 Å². The maximum atomic E-state index is 11.6. The van der Waals surface area contributed by atoms with Gasteiger partial charge >= 0.3 is 0 Å². The quantitative estimate of drug-likeness (QED) is 0.266. The molecule has 0 aliphatic heterocycles. The van der Waals surface area contributed by atoms with Crippen LogP contribution in [0.25, 0.3) is 0 Å². The standard InChI is InChI=1S/C19H34O/c1-3-5-7-9-11-12-14-16-18-19(20)17-15-13-10-8-6-4-2/h6,8,13,15H,3-5,7,9-12,14,16-18H2,1-2H3/b8-6-,15-13-. The zero-order chi connectivity index (χ0) is 14.9. The molecule has 0 rings (SSSR count). The van der Waals surface area contributed by atoms with Gasteiger partial charge in [0, 0.05) is 12.8 Å². The monoisotopic (exact) mass is 278 g/mol. The van der Waals surface area contributed by atoms with Gasteiger partial charge in [0.15, 0.2) is 0 Å². The van der Waals surface area contributed by atoms with Crippen LogP contribution in [0.15, 0.2) is 24.3 Å². The minimum Gasteiger partial charge on any atom is -0.299 e. The van der Waals surface area contributed by atoms with Crippen molar-refractivity contribution in [1.82, 2.24) is 0 Å². The highest BCUT2D eigenvalue weighted by Crippen LogP contribution is 2.10. The molecular weight excluding hydrogens is 244 g/mol. The summed E-state index contributed by atoms with van der Waals surface area (Å²) in [6, 6.07) is 0. The van der Waals surface area contributed by atoms with Crippen molar-refractivity contribution < 1.29 is 4.79 Å². The second-order valence-electron chi connectivity index (χ2n) is 5.55. The molecule has 0 amide bonds. The third-order valence-electron chi connectivity index (χ3n) is 3.50. The number of allylic oxidation sites excluding steroid dienone is 4. The van der Waals surface area contributed by atoms with Crippen molar-refractivity contribution in [2.75, 3.05) is 0 Å². The van der Waals surface area contributed by atoms with E-state index in [-0.39, 0.29) is 0 Å².